The number of para-hydroxylation sites is 2. The maximum Gasteiger partial charge on any atom is 0.260 e. The van der Waals surface area contributed by atoms with E-state index in [9.17, 15) is 9.59 Å². The van der Waals surface area contributed by atoms with E-state index in [4.69, 9.17) is 9.47 Å². The normalized spacial score (nSPS) is 31.0. The molecule has 6 nitrogen and oxygen atoms in total. The number of carbonyl (C=O) groups is 2. The maximum atomic E-state index is 13.2. The lowest BCUT2D eigenvalue weighted by molar-refractivity contribution is -0.145. The van der Waals surface area contributed by atoms with Gasteiger partial charge in [0.2, 0.25) is 5.91 Å². The summed E-state index contributed by atoms with van der Waals surface area (Å²) in [5.74, 6) is 4.13. The van der Waals surface area contributed by atoms with Crippen LogP contribution < -0.4 is 9.47 Å². The minimum Gasteiger partial charge on any atom is -0.490 e. The first-order valence-electron chi connectivity index (χ1n) is 12.4. The Morgan fingerprint density at radius 1 is 0.844 bits per heavy atom. The van der Waals surface area contributed by atoms with Crippen LogP contribution in [0.15, 0.2) is 24.3 Å². The number of amides is 2. The number of benzene rings is 1. The highest BCUT2D eigenvalue weighted by molar-refractivity contribution is 5.79. The van der Waals surface area contributed by atoms with Gasteiger partial charge in [-0.1, -0.05) is 12.1 Å². The Morgan fingerprint density at radius 3 is 1.88 bits per heavy atom. The van der Waals surface area contributed by atoms with Crippen molar-refractivity contribution in [2.45, 2.75) is 51.9 Å². The van der Waals surface area contributed by atoms with Gasteiger partial charge in [-0.15, -0.1) is 0 Å². The zero-order valence-electron chi connectivity index (χ0n) is 19.3. The van der Waals surface area contributed by atoms with Crippen molar-refractivity contribution in [3.05, 3.63) is 24.3 Å². The van der Waals surface area contributed by atoms with Crippen LogP contribution in [0.5, 0.6) is 11.5 Å². The molecule has 0 N–H and O–H groups in total. The molecule has 4 aliphatic carbocycles. The topological polar surface area (TPSA) is 59.1 Å². The second-order valence-corrected chi connectivity index (χ2v) is 10.5. The Morgan fingerprint density at radius 2 is 1.34 bits per heavy atom. The predicted octanol–water partition coefficient (Wildman–Crippen LogP) is 3.74. The van der Waals surface area contributed by atoms with Crippen LogP contribution in [-0.2, 0) is 9.59 Å². The van der Waals surface area contributed by atoms with Crippen molar-refractivity contribution in [1.82, 2.24) is 9.80 Å². The third kappa shape index (κ3) is 4.46. The molecule has 0 spiro atoms. The highest BCUT2D eigenvalue weighted by atomic mass is 16.5. The van der Waals surface area contributed by atoms with Gasteiger partial charge in [-0.2, -0.15) is 0 Å². The summed E-state index contributed by atoms with van der Waals surface area (Å²) >= 11 is 0. The molecule has 6 rings (SSSR count). The average Bonchev–Trinajstić information content (AvgIpc) is 2.77. The van der Waals surface area contributed by atoms with Gasteiger partial charge in [-0.05, 0) is 80.8 Å². The molecule has 0 aromatic heterocycles. The molecule has 1 aromatic rings. The van der Waals surface area contributed by atoms with Gasteiger partial charge in [0.05, 0.1) is 6.61 Å². The summed E-state index contributed by atoms with van der Waals surface area (Å²) in [7, 11) is 0. The van der Waals surface area contributed by atoms with E-state index in [-0.39, 0.29) is 17.9 Å². The maximum absolute atomic E-state index is 13.2. The monoisotopic (exact) mass is 440 g/mol. The highest BCUT2D eigenvalue weighted by Gasteiger charge is 2.51. The fraction of sp³-hybridized carbons (Fsp3) is 0.692. The molecular weight excluding hydrogens is 404 g/mol. The smallest absolute Gasteiger partial charge is 0.260 e. The van der Waals surface area contributed by atoms with Gasteiger partial charge in [0.15, 0.2) is 18.1 Å². The number of hydrogen-bond acceptors (Lipinski definition) is 4. The Hall–Kier alpha value is -2.24. The van der Waals surface area contributed by atoms with E-state index in [1.165, 1.54) is 38.5 Å². The van der Waals surface area contributed by atoms with Crippen LogP contribution in [0.4, 0.5) is 0 Å². The highest BCUT2D eigenvalue weighted by Crippen LogP contribution is 2.61. The number of hydrogen-bond donors (Lipinski definition) is 0. The van der Waals surface area contributed by atoms with Gasteiger partial charge in [-0.25, -0.2) is 0 Å². The molecule has 5 aliphatic rings. The number of carbonyl (C=O) groups excluding carboxylic acids is 2. The van der Waals surface area contributed by atoms with E-state index in [2.05, 4.69) is 0 Å². The van der Waals surface area contributed by atoms with Crippen molar-refractivity contribution in [2.75, 3.05) is 39.4 Å². The minimum absolute atomic E-state index is 0.00862. The lowest BCUT2D eigenvalue weighted by Gasteiger charge is -2.57. The zero-order chi connectivity index (χ0) is 22.1. The molecule has 1 heterocycles. The molecule has 1 aromatic carbocycles. The van der Waals surface area contributed by atoms with E-state index >= 15 is 0 Å². The lowest BCUT2D eigenvalue weighted by atomic mass is 9.49. The van der Waals surface area contributed by atoms with E-state index in [0.717, 1.165) is 24.2 Å². The summed E-state index contributed by atoms with van der Waals surface area (Å²) in [6.07, 6.45) is 8.75. The SMILES string of the molecule is CCOc1ccccc1OCC(=O)N1CCN(C(=O)CC23CC4CC(CC(C4)C2)C3)CC1. The summed E-state index contributed by atoms with van der Waals surface area (Å²) in [4.78, 5) is 29.6. The van der Waals surface area contributed by atoms with Crippen molar-refractivity contribution in [2.24, 2.45) is 23.2 Å². The average molecular weight is 441 g/mol. The van der Waals surface area contributed by atoms with Crippen molar-refractivity contribution >= 4 is 11.8 Å². The second kappa shape index (κ2) is 8.95. The Bertz CT molecular complexity index is 811. The molecule has 5 fully saturated rings. The molecule has 1 saturated heterocycles. The molecule has 1 aliphatic heterocycles. The summed E-state index contributed by atoms with van der Waals surface area (Å²) in [6.45, 7) is 4.90. The number of piperazine rings is 1. The Kier molecular flexibility index (Phi) is 6.04. The fourth-order valence-corrected chi connectivity index (χ4v) is 7.22. The second-order valence-electron chi connectivity index (χ2n) is 10.5. The van der Waals surface area contributed by atoms with Crippen LogP contribution in [-0.4, -0.2) is 61.0 Å². The van der Waals surface area contributed by atoms with Crippen LogP contribution >= 0.6 is 0 Å². The summed E-state index contributed by atoms with van der Waals surface area (Å²) < 4.78 is 11.3. The van der Waals surface area contributed by atoms with E-state index in [0.29, 0.717) is 50.2 Å². The third-order valence-electron chi connectivity index (χ3n) is 8.18. The molecule has 2 amide bonds. The standard InChI is InChI=1S/C26H36N2O4/c1-2-31-22-5-3-4-6-23(22)32-18-25(30)28-9-7-27(8-10-28)24(29)17-26-14-19-11-20(15-26)13-21(12-19)16-26/h3-6,19-21H,2,7-18H2,1H3. The molecular formula is C26H36N2O4. The van der Waals surface area contributed by atoms with Gasteiger partial charge >= 0.3 is 0 Å². The third-order valence-corrected chi connectivity index (χ3v) is 8.18. The van der Waals surface area contributed by atoms with E-state index < -0.39 is 0 Å². The van der Waals surface area contributed by atoms with Crippen LogP contribution in [0.25, 0.3) is 0 Å². The first kappa shape index (κ1) is 21.6. The van der Waals surface area contributed by atoms with E-state index in [1.807, 2.05) is 41.0 Å². The summed E-state index contributed by atoms with van der Waals surface area (Å²) in [5.41, 5.74) is 0.278. The minimum atomic E-state index is -0.0375. The van der Waals surface area contributed by atoms with Gasteiger partial charge in [0.1, 0.15) is 0 Å². The van der Waals surface area contributed by atoms with E-state index in [1.54, 1.807) is 0 Å². The van der Waals surface area contributed by atoms with Gasteiger partial charge in [0.25, 0.3) is 5.91 Å². The largest absolute Gasteiger partial charge is 0.490 e. The number of ether oxygens (including phenoxy) is 2. The van der Waals surface area contributed by atoms with Crippen LogP contribution in [0.2, 0.25) is 0 Å². The van der Waals surface area contributed by atoms with Crippen LogP contribution in [0, 0.1) is 23.2 Å². The molecule has 0 radical (unpaired) electrons. The molecule has 174 valence electrons. The quantitative estimate of drug-likeness (QED) is 0.648. The Labute approximate surface area is 191 Å². The number of rotatable bonds is 7. The van der Waals surface area contributed by atoms with Gasteiger partial charge < -0.3 is 19.3 Å². The van der Waals surface area contributed by atoms with Crippen LogP contribution in [0.3, 0.4) is 0 Å². The van der Waals surface area contributed by atoms with Gasteiger partial charge in [0, 0.05) is 32.6 Å². The van der Waals surface area contributed by atoms with Crippen molar-refractivity contribution in [3.63, 3.8) is 0 Å². The van der Waals surface area contributed by atoms with Crippen molar-refractivity contribution in [3.8, 4) is 11.5 Å². The fourth-order valence-electron chi connectivity index (χ4n) is 7.22. The van der Waals surface area contributed by atoms with Crippen molar-refractivity contribution in [1.29, 1.82) is 0 Å². The van der Waals surface area contributed by atoms with Crippen LogP contribution in [0.1, 0.15) is 51.9 Å². The molecule has 0 atom stereocenters. The van der Waals surface area contributed by atoms with Crippen molar-refractivity contribution < 1.29 is 19.1 Å². The van der Waals surface area contributed by atoms with Gasteiger partial charge in [-0.3, -0.25) is 9.59 Å². The first-order chi connectivity index (χ1) is 15.5. The molecule has 0 unspecified atom stereocenters. The molecule has 32 heavy (non-hydrogen) atoms. The summed E-state index contributed by atoms with van der Waals surface area (Å²) in [5, 5.41) is 0. The number of nitrogens with zero attached hydrogens (tertiary/aromatic N) is 2. The summed E-state index contributed by atoms with van der Waals surface area (Å²) in [6, 6.07) is 7.42. The molecule has 4 bridgehead atoms. The lowest BCUT2D eigenvalue weighted by Crippen LogP contribution is -2.53. The zero-order valence-corrected chi connectivity index (χ0v) is 19.3. The molecule has 4 saturated carbocycles. The first-order valence-corrected chi connectivity index (χ1v) is 12.4. The molecule has 6 heteroatoms. The Balaban J connectivity index is 1.10. The predicted molar refractivity (Wildman–Crippen MR) is 121 cm³/mol.